The van der Waals surface area contributed by atoms with Crippen molar-refractivity contribution < 1.29 is 14.2 Å². The van der Waals surface area contributed by atoms with E-state index in [-0.39, 0.29) is 35.9 Å². The molecule has 1 saturated heterocycles. The van der Waals surface area contributed by atoms with Crippen LogP contribution in [0.1, 0.15) is 11.7 Å². The first-order valence-corrected chi connectivity index (χ1v) is 9.39. The highest BCUT2D eigenvalue weighted by Gasteiger charge is 2.22. The Labute approximate surface area is 188 Å². The van der Waals surface area contributed by atoms with E-state index in [9.17, 15) is 9.50 Å². The molecule has 0 aliphatic carbocycles. The van der Waals surface area contributed by atoms with Gasteiger partial charge in [-0.2, -0.15) is 0 Å². The number of guanidine groups is 1. The minimum atomic E-state index is -0.260. The molecule has 1 atom stereocenters. The van der Waals surface area contributed by atoms with Gasteiger partial charge < -0.3 is 25.0 Å². The Kier molecular flexibility index (Phi) is 8.97. The number of nitrogens with one attached hydrogen (secondary N) is 1. The van der Waals surface area contributed by atoms with E-state index in [1.165, 1.54) is 12.1 Å². The number of ether oxygens (including phenoxy) is 1. The summed E-state index contributed by atoms with van der Waals surface area (Å²) in [5.41, 5.74) is 1.78. The van der Waals surface area contributed by atoms with Crippen molar-refractivity contribution in [2.75, 3.05) is 51.8 Å². The second kappa shape index (κ2) is 11.2. The van der Waals surface area contributed by atoms with Crippen LogP contribution in [-0.4, -0.2) is 62.8 Å². The number of aromatic hydroxyl groups is 1. The zero-order valence-electron chi connectivity index (χ0n) is 16.7. The van der Waals surface area contributed by atoms with Crippen LogP contribution in [0.4, 0.5) is 10.1 Å². The second-order valence-corrected chi connectivity index (χ2v) is 6.67. The molecule has 0 spiro atoms. The Hall–Kier alpha value is -2.07. The number of hydrogen-bond donors (Lipinski definition) is 2. The lowest BCUT2D eigenvalue weighted by Gasteiger charge is -2.38. The number of anilines is 1. The molecule has 6 nitrogen and oxygen atoms in total. The number of aliphatic imine (C=N–C) groups is 1. The molecular formula is C21H28FIN4O2. The molecule has 2 aromatic carbocycles. The van der Waals surface area contributed by atoms with Gasteiger partial charge in [-0.1, -0.05) is 24.3 Å². The molecule has 0 aromatic heterocycles. The number of phenols is 1. The summed E-state index contributed by atoms with van der Waals surface area (Å²) in [6.07, 6.45) is -0.195. The van der Waals surface area contributed by atoms with E-state index in [1.807, 2.05) is 18.2 Å². The lowest BCUT2D eigenvalue weighted by atomic mass is 10.1. The summed E-state index contributed by atoms with van der Waals surface area (Å²) < 4.78 is 18.7. The van der Waals surface area contributed by atoms with E-state index < -0.39 is 0 Å². The summed E-state index contributed by atoms with van der Waals surface area (Å²) >= 11 is 0. The number of piperazine rings is 1. The number of rotatable bonds is 5. The van der Waals surface area contributed by atoms with E-state index in [1.54, 1.807) is 32.4 Å². The second-order valence-electron chi connectivity index (χ2n) is 6.67. The van der Waals surface area contributed by atoms with Crippen LogP contribution < -0.4 is 10.2 Å². The minimum absolute atomic E-state index is 0. The third kappa shape index (κ3) is 5.96. The number of nitrogens with zero attached hydrogens (tertiary/aromatic N) is 3. The predicted octanol–water partition coefficient (Wildman–Crippen LogP) is 3.23. The van der Waals surface area contributed by atoms with Crippen molar-refractivity contribution in [3.63, 3.8) is 0 Å². The van der Waals surface area contributed by atoms with E-state index in [4.69, 9.17) is 4.74 Å². The average Bonchev–Trinajstić information content (AvgIpc) is 2.73. The number of para-hydroxylation sites is 2. The molecule has 0 saturated carbocycles. The number of benzene rings is 2. The van der Waals surface area contributed by atoms with Gasteiger partial charge in [0.15, 0.2) is 5.96 Å². The normalized spacial score (nSPS) is 15.6. The predicted molar refractivity (Wildman–Crippen MR) is 125 cm³/mol. The van der Waals surface area contributed by atoms with E-state index in [2.05, 4.69) is 20.1 Å². The molecule has 0 bridgehead atoms. The molecule has 1 aliphatic rings. The number of phenolic OH excluding ortho intramolecular Hbond substituents is 1. The topological polar surface area (TPSA) is 60.3 Å². The molecule has 0 amide bonds. The quantitative estimate of drug-likeness (QED) is 0.365. The fourth-order valence-electron chi connectivity index (χ4n) is 3.42. The van der Waals surface area contributed by atoms with Crippen molar-refractivity contribution in [3.05, 3.63) is 59.9 Å². The highest BCUT2D eigenvalue weighted by molar-refractivity contribution is 14.0. The first-order valence-electron chi connectivity index (χ1n) is 9.39. The molecule has 3 rings (SSSR count). The van der Waals surface area contributed by atoms with Crippen LogP contribution in [-0.2, 0) is 4.74 Å². The average molecular weight is 514 g/mol. The van der Waals surface area contributed by atoms with Crippen LogP contribution in [0.5, 0.6) is 5.75 Å². The van der Waals surface area contributed by atoms with Gasteiger partial charge in [-0.15, -0.1) is 24.0 Å². The van der Waals surface area contributed by atoms with Crippen molar-refractivity contribution in [2.45, 2.75) is 6.10 Å². The largest absolute Gasteiger partial charge is 0.506 e. The highest BCUT2D eigenvalue weighted by Crippen LogP contribution is 2.27. The van der Waals surface area contributed by atoms with Crippen LogP contribution in [0, 0.1) is 5.82 Å². The first kappa shape index (κ1) is 23.2. The van der Waals surface area contributed by atoms with Gasteiger partial charge in [0.2, 0.25) is 0 Å². The molecule has 1 fully saturated rings. The van der Waals surface area contributed by atoms with Gasteiger partial charge in [0.05, 0.1) is 11.8 Å². The molecule has 158 valence electrons. The first-order chi connectivity index (χ1) is 13.6. The maximum atomic E-state index is 13.1. The zero-order valence-corrected chi connectivity index (χ0v) is 19.0. The van der Waals surface area contributed by atoms with Gasteiger partial charge in [0, 0.05) is 46.9 Å². The van der Waals surface area contributed by atoms with Gasteiger partial charge >= 0.3 is 0 Å². The Morgan fingerprint density at radius 3 is 2.38 bits per heavy atom. The number of methoxy groups -OCH3 is 1. The maximum Gasteiger partial charge on any atom is 0.193 e. The summed E-state index contributed by atoms with van der Waals surface area (Å²) in [6.45, 7) is 3.72. The Bertz CT molecular complexity index is 796. The molecule has 1 unspecified atom stereocenters. The molecule has 0 radical (unpaired) electrons. The molecule has 1 heterocycles. The SMILES string of the molecule is CN=C(NCC(OC)c1ccc(F)cc1)N1CCN(c2ccccc2O)CC1.I. The monoisotopic (exact) mass is 514 g/mol. The molecule has 1 aliphatic heterocycles. The third-order valence-corrected chi connectivity index (χ3v) is 4.99. The Balaban J connectivity index is 0.00000300. The van der Waals surface area contributed by atoms with Crippen molar-refractivity contribution in [2.24, 2.45) is 4.99 Å². The minimum Gasteiger partial charge on any atom is -0.506 e. The summed E-state index contributed by atoms with van der Waals surface area (Å²) in [6, 6.07) is 13.8. The van der Waals surface area contributed by atoms with Crippen LogP contribution >= 0.6 is 24.0 Å². The standard InChI is InChI=1S/C21H27FN4O2.HI/c1-23-21(24-15-20(28-2)16-7-9-17(22)10-8-16)26-13-11-25(12-14-26)18-5-3-4-6-19(18)27;/h3-10,20,27H,11-15H2,1-2H3,(H,23,24);1H. The number of halogens is 2. The van der Waals surface area contributed by atoms with Crippen molar-refractivity contribution in [3.8, 4) is 5.75 Å². The van der Waals surface area contributed by atoms with E-state index >= 15 is 0 Å². The molecule has 2 N–H and O–H groups in total. The van der Waals surface area contributed by atoms with Crippen LogP contribution in [0.2, 0.25) is 0 Å². The van der Waals surface area contributed by atoms with Crippen molar-refractivity contribution >= 4 is 35.6 Å². The fourth-order valence-corrected chi connectivity index (χ4v) is 3.42. The Morgan fingerprint density at radius 1 is 1.14 bits per heavy atom. The lowest BCUT2D eigenvalue weighted by Crippen LogP contribution is -2.53. The molecular weight excluding hydrogens is 486 g/mol. The summed E-state index contributed by atoms with van der Waals surface area (Å²) in [7, 11) is 3.40. The summed E-state index contributed by atoms with van der Waals surface area (Å²) in [4.78, 5) is 8.75. The van der Waals surface area contributed by atoms with Crippen LogP contribution in [0.25, 0.3) is 0 Å². The van der Waals surface area contributed by atoms with Crippen molar-refractivity contribution in [1.82, 2.24) is 10.2 Å². The smallest absolute Gasteiger partial charge is 0.193 e. The summed E-state index contributed by atoms with van der Waals surface area (Å²) in [5.74, 6) is 0.853. The molecule has 29 heavy (non-hydrogen) atoms. The third-order valence-electron chi connectivity index (χ3n) is 4.99. The molecule has 8 heteroatoms. The van der Waals surface area contributed by atoms with Gasteiger partial charge in [-0.05, 0) is 29.8 Å². The Morgan fingerprint density at radius 2 is 1.79 bits per heavy atom. The van der Waals surface area contributed by atoms with Crippen LogP contribution in [0.15, 0.2) is 53.5 Å². The van der Waals surface area contributed by atoms with Gasteiger partial charge in [0.1, 0.15) is 11.6 Å². The van der Waals surface area contributed by atoms with Gasteiger partial charge in [-0.3, -0.25) is 4.99 Å². The van der Waals surface area contributed by atoms with Crippen LogP contribution in [0.3, 0.4) is 0 Å². The fraction of sp³-hybridized carbons (Fsp3) is 0.381. The van der Waals surface area contributed by atoms with E-state index in [0.717, 1.165) is 43.4 Å². The zero-order chi connectivity index (χ0) is 19.9. The highest BCUT2D eigenvalue weighted by atomic mass is 127. The van der Waals surface area contributed by atoms with Gasteiger partial charge in [-0.25, -0.2) is 4.39 Å². The van der Waals surface area contributed by atoms with Crippen molar-refractivity contribution in [1.29, 1.82) is 0 Å². The lowest BCUT2D eigenvalue weighted by molar-refractivity contribution is 0.105. The van der Waals surface area contributed by atoms with Gasteiger partial charge in [0.25, 0.3) is 0 Å². The number of hydrogen-bond acceptors (Lipinski definition) is 4. The van der Waals surface area contributed by atoms with E-state index in [0.29, 0.717) is 12.3 Å². The molecule has 2 aromatic rings. The maximum absolute atomic E-state index is 13.1. The summed E-state index contributed by atoms with van der Waals surface area (Å²) in [5, 5.41) is 13.4.